The lowest BCUT2D eigenvalue weighted by Crippen LogP contribution is -2.07. The number of carboxylic acids is 1. The number of nitrogens with zero attached hydrogens (tertiary/aromatic N) is 4. The average Bonchev–Trinajstić information content (AvgIpc) is 2.95. The monoisotopic (exact) mass is 252 g/mol. The maximum atomic E-state index is 10.5. The maximum Gasteiger partial charge on any atom is 0.313 e. The quantitative estimate of drug-likeness (QED) is 0.775. The van der Waals surface area contributed by atoms with E-state index in [1.807, 2.05) is 21.5 Å². The molecule has 0 aliphatic rings. The van der Waals surface area contributed by atoms with E-state index < -0.39 is 5.97 Å². The van der Waals surface area contributed by atoms with Gasteiger partial charge >= 0.3 is 5.97 Å². The molecule has 90 valence electrons. The van der Waals surface area contributed by atoms with Crippen molar-refractivity contribution in [2.75, 3.05) is 5.75 Å². The Morgan fingerprint density at radius 1 is 1.35 bits per heavy atom. The van der Waals surface area contributed by atoms with Gasteiger partial charge in [-0.15, -0.1) is 0 Å². The van der Waals surface area contributed by atoms with E-state index in [1.54, 1.807) is 18.7 Å². The summed E-state index contributed by atoms with van der Waals surface area (Å²) in [5.41, 5.74) is 0. The molecule has 2 aromatic heterocycles. The fourth-order valence-corrected chi connectivity index (χ4v) is 2.08. The number of aryl methyl sites for hydroxylation is 2. The second-order valence-corrected chi connectivity index (χ2v) is 4.33. The van der Waals surface area contributed by atoms with Crippen molar-refractivity contribution in [3.63, 3.8) is 0 Å². The summed E-state index contributed by atoms with van der Waals surface area (Å²) in [5, 5.41) is 9.34. The predicted molar refractivity (Wildman–Crippen MR) is 62.8 cm³/mol. The van der Waals surface area contributed by atoms with Gasteiger partial charge in [0.1, 0.15) is 0 Å². The van der Waals surface area contributed by atoms with Crippen LogP contribution < -0.4 is 0 Å². The molecule has 0 spiro atoms. The predicted octanol–water partition coefficient (Wildman–Crippen LogP) is 0.956. The van der Waals surface area contributed by atoms with E-state index in [1.165, 1.54) is 11.8 Å². The minimum atomic E-state index is -0.834. The van der Waals surface area contributed by atoms with Crippen molar-refractivity contribution in [3.05, 3.63) is 31.1 Å². The number of carbonyl (C=O) groups is 1. The van der Waals surface area contributed by atoms with Crippen molar-refractivity contribution in [1.29, 1.82) is 0 Å². The summed E-state index contributed by atoms with van der Waals surface area (Å²) in [6.07, 6.45) is 8.90. The number of aromatic nitrogens is 4. The molecule has 0 radical (unpaired) electrons. The Balaban J connectivity index is 1.92. The van der Waals surface area contributed by atoms with Crippen LogP contribution >= 0.6 is 11.8 Å². The van der Waals surface area contributed by atoms with Crippen LogP contribution in [0.5, 0.6) is 0 Å². The van der Waals surface area contributed by atoms with Crippen LogP contribution in [-0.4, -0.2) is 35.9 Å². The molecule has 0 aliphatic carbocycles. The first-order chi connectivity index (χ1) is 8.25. The lowest BCUT2D eigenvalue weighted by molar-refractivity contribution is -0.133. The van der Waals surface area contributed by atoms with Gasteiger partial charge in [0, 0.05) is 37.9 Å². The van der Waals surface area contributed by atoms with Crippen molar-refractivity contribution in [3.8, 4) is 0 Å². The molecule has 0 saturated carbocycles. The largest absolute Gasteiger partial charge is 0.481 e. The van der Waals surface area contributed by atoms with E-state index in [9.17, 15) is 4.79 Å². The number of hydrogen-bond donors (Lipinski definition) is 1. The van der Waals surface area contributed by atoms with Gasteiger partial charge in [0.15, 0.2) is 5.16 Å². The van der Waals surface area contributed by atoms with Crippen LogP contribution in [0.4, 0.5) is 0 Å². The lowest BCUT2D eigenvalue weighted by atomic mass is 10.6. The number of carboxylic acid groups (broad SMARTS) is 1. The molecule has 0 amide bonds. The van der Waals surface area contributed by atoms with Gasteiger partial charge in [0.05, 0.1) is 12.1 Å². The first-order valence-corrected chi connectivity index (χ1v) is 6.06. The zero-order valence-corrected chi connectivity index (χ0v) is 9.88. The van der Waals surface area contributed by atoms with Crippen molar-refractivity contribution in [2.45, 2.75) is 18.2 Å². The molecule has 0 fully saturated rings. The van der Waals surface area contributed by atoms with Crippen molar-refractivity contribution in [1.82, 2.24) is 19.1 Å². The summed E-state index contributed by atoms with van der Waals surface area (Å²) in [5.74, 6) is -0.804. The molecule has 7 heteroatoms. The van der Waals surface area contributed by atoms with E-state index >= 15 is 0 Å². The van der Waals surface area contributed by atoms with Gasteiger partial charge in [-0.05, 0) is 0 Å². The molecule has 0 aromatic carbocycles. The van der Waals surface area contributed by atoms with Crippen molar-refractivity contribution < 1.29 is 9.90 Å². The van der Waals surface area contributed by atoms with E-state index in [2.05, 4.69) is 9.97 Å². The van der Waals surface area contributed by atoms with Crippen LogP contribution in [0, 0.1) is 0 Å². The highest BCUT2D eigenvalue weighted by molar-refractivity contribution is 7.99. The van der Waals surface area contributed by atoms with E-state index in [-0.39, 0.29) is 5.75 Å². The Labute approximate surface area is 102 Å². The molecular weight excluding hydrogens is 240 g/mol. The summed E-state index contributed by atoms with van der Waals surface area (Å²) in [6, 6.07) is 0. The fraction of sp³-hybridized carbons (Fsp3) is 0.300. The van der Waals surface area contributed by atoms with Crippen LogP contribution in [-0.2, 0) is 17.9 Å². The normalized spacial score (nSPS) is 10.6. The third-order valence-corrected chi connectivity index (χ3v) is 3.15. The highest BCUT2D eigenvalue weighted by Crippen LogP contribution is 2.15. The Morgan fingerprint density at radius 3 is 2.94 bits per heavy atom. The zero-order chi connectivity index (χ0) is 12.1. The summed E-state index contributed by atoms with van der Waals surface area (Å²) in [4.78, 5) is 18.6. The summed E-state index contributed by atoms with van der Waals surface area (Å²) in [7, 11) is 0. The van der Waals surface area contributed by atoms with Gasteiger partial charge in [0.2, 0.25) is 0 Å². The molecule has 17 heavy (non-hydrogen) atoms. The topological polar surface area (TPSA) is 72.9 Å². The molecule has 0 saturated heterocycles. The Morgan fingerprint density at radius 2 is 2.24 bits per heavy atom. The second-order valence-electron chi connectivity index (χ2n) is 3.39. The van der Waals surface area contributed by atoms with Crippen LogP contribution in [0.1, 0.15) is 0 Å². The van der Waals surface area contributed by atoms with Gasteiger partial charge in [-0.3, -0.25) is 4.79 Å². The van der Waals surface area contributed by atoms with Gasteiger partial charge < -0.3 is 14.2 Å². The van der Waals surface area contributed by atoms with E-state index in [0.29, 0.717) is 0 Å². The molecule has 6 nitrogen and oxygen atoms in total. The molecule has 2 rings (SSSR count). The summed E-state index contributed by atoms with van der Waals surface area (Å²) in [6.45, 7) is 1.54. The van der Waals surface area contributed by atoms with E-state index in [4.69, 9.17) is 5.11 Å². The Hall–Kier alpha value is -1.76. The summed E-state index contributed by atoms with van der Waals surface area (Å²) >= 11 is 1.23. The molecular formula is C10H12N4O2S. The van der Waals surface area contributed by atoms with Gasteiger partial charge in [-0.1, -0.05) is 11.8 Å². The minimum absolute atomic E-state index is 0.0298. The number of imidazole rings is 2. The highest BCUT2D eigenvalue weighted by Gasteiger charge is 2.06. The molecule has 0 atom stereocenters. The van der Waals surface area contributed by atoms with Gasteiger partial charge in [-0.2, -0.15) is 0 Å². The third kappa shape index (κ3) is 3.35. The fourth-order valence-electron chi connectivity index (χ4n) is 1.37. The molecule has 0 unspecified atom stereocenters. The minimum Gasteiger partial charge on any atom is -0.481 e. The standard InChI is InChI=1S/C10H12N4O2S/c15-9(16)7-17-10-12-2-4-14(10)6-5-13-3-1-11-8-13/h1-4,8H,5-7H2,(H,15,16). The smallest absolute Gasteiger partial charge is 0.313 e. The maximum absolute atomic E-state index is 10.5. The lowest BCUT2D eigenvalue weighted by Gasteiger charge is -2.06. The SMILES string of the molecule is O=C(O)CSc1nccn1CCn1ccnc1. The number of hydrogen-bond acceptors (Lipinski definition) is 4. The van der Waals surface area contributed by atoms with Crippen LogP contribution in [0.15, 0.2) is 36.3 Å². The first-order valence-electron chi connectivity index (χ1n) is 5.07. The second kappa shape index (κ2) is 5.53. The van der Waals surface area contributed by atoms with Gasteiger partial charge in [-0.25, -0.2) is 9.97 Å². The molecule has 2 aromatic rings. The zero-order valence-electron chi connectivity index (χ0n) is 9.06. The molecule has 0 bridgehead atoms. The van der Waals surface area contributed by atoms with Crippen molar-refractivity contribution >= 4 is 17.7 Å². The Kier molecular flexibility index (Phi) is 3.81. The van der Waals surface area contributed by atoms with Crippen LogP contribution in [0.2, 0.25) is 0 Å². The van der Waals surface area contributed by atoms with Crippen LogP contribution in [0.3, 0.4) is 0 Å². The number of thioether (sulfide) groups is 1. The van der Waals surface area contributed by atoms with E-state index in [0.717, 1.165) is 18.2 Å². The Bertz CT molecular complexity index is 480. The van der Waals surface area contributed by atoms with Crippen LogP contribution in [0.25, 0.3) is 0 Å². The highest BCUT2D eigenvalue weighted by atomic mass is 32.2. The molecule has 0 aliphatic heterocycles. The average molecular weight is 252 g/mol. The molecule has 1 N–H and O–H groups in total. The van der Waals surface area contributed by atoms with Gasteiger partial charge in [0.25, 0.3) is 0 Å². The number of aliphatic carboxylic acids is 1. The summed E-state index contributed by atoms with van der Waals surface area (Å²) < 4.78 is 3.90. The molecule has 2 heterocycles. The third-order valence-electron chi connectivity index (χ3n) is 2.16. The first kappa shape index (κ1) is 11.7. The van der Waals surface area contributed by atoms with Crippen molar-refractivity contribution in [2.24, 2.45) is 0 Å². The number of rotatable bonds is 6.